The predicted octanol–water partition coefficient (Wildman–Crippen LogP) is -0.937. The number of carbonyl (C=O) groups excluding carboxylic acids is 1. The van der Waals surface area contributed by atoms with E-state index in [1.165, 1.54) is 7.11 Å². The Morgan fingerprint density at radius 1 is 1.16 bits per heavy atom. The van der Waals surface area contributed by atoms with Gasteiger partial charge in [0.25, 0.3) is 0 Å². The first-order valence-corrected chi connectivity index (χ1v) is 4.89. The van der Waals surface area contributed by atoms with Crippen molar-refractivity contribution in [2.75, 3.05) is 7.11 Å². The summed E-state index contributed by atoms with van der Waals surface area (Å²) in [5.41, 5.74) is 5.00. The van der Waals surface area contributed by atoms with E-state index in [9.17, 15) is 19.2 Å². The van der Waals surface area contributed by atoms with E-state index in [-0.39, 0.29) is 12.8 Å². The molecule has 0 radical (unpaired) electrons. The van der Waals surface area contributed by atoms with Gasteiger partial charge in [-0.2, -0.15) is 0 Å². The van der Waals surface area contributed by atoms with Gasteiger partial charge in [0.15, 0.2) is 0 Å². The highest BCUT2D eigenvalue weighted by Gasteiger charge is 2.12. The zero-order valence-corrected chi connectivity index (χ0v) is 10.1. The molecule has 0 saturated carbocycles. The normalized spacial score (nSPS) is 11.1. The van der Waals surface area contributed by atoms with Gasteiger partial charge in [0.1, 0.15) is 6.04 Å². The van der Waals surface area contributed by atoms with Crippen LogP contribution in [0.3, 0.4) is 0 Å². The van der Waals surface area contributed by atoms with Crippen LogP contribution in [0.25, 0.3) is 0 Å². The van der Waals surface area contributed by atoms with Crippen molar-refractivity contribution in [2.45, 2.75) is 18.9 Å². The molecule has 1 unspecified atom stereocenters. The zero-order chi connectivity index (χ0) is 15.4. The summed E-state index contributed by atoms with van der Waals surface area (Å²) >= 11 is 0. The first-order valence-electron chi connectivity index (χ1n) is 4.89. The number of hydrogen-bond donors (Lipinski definition) is 4. The molecule has 0 aromatic heterocycles. The maximum atomic E-state index is 10.1. The quantitative estimate of drug-likeness (QED) is 0.354. The lowest BCUT2D eigenvalue weighted by molar-refractivity contribution is -0.140. The molecule has 108 valence electrons. The largest absolute Gasteiger partial charge is 0.481 e. The van der Waals surface area contributed by atoms with Crippen molar-refractivity contribution in [3.05, 3.63) is 12.2 Å². The molecule has 9 heteroatoms. The molecule has 0 aromatic rings. The Labute approximate surface area is 108 Å². The van der Waals surface area contributed by atoms with E-state index in [0.29, 0.717) is 6.08 Å². The number of nitrogens with two attached hydrogens (primary N) is 1. The lowest BCUT2D eigenvalue weighted by Crippen LogP contribution is -2.30. The van der Waals surface area contributed by atoms with Crippen molar-refractivity contribution in [2.24, 2.45) is 5.73 Å². The standard InChI is InChI=1S/C5H9NO4.C5H6O4/c6-3(5(9)10)1-2-4(7)8;1-9-5(8)3-2-4(6)7/h3H,1-2,6H2,(H,7,8)(H,9,10);2-3H,1H3,(H,6,7)/b;3-2+. The van der Waals surface area contributed by atoms with Gasteiger partial charge in [-0.25, -0.2) is 9.59 Å². The van der Waals surface area contributed by atoms with E-state index in [4.69, 9.17) is 21.1 Å². The fraction of sp³-hybridized carbons (Fsp3) is 0.400. The fourth-order valence-corrected chi connectivity index (χ4v) is 0.610. The molecule has 0 amide bonds. The first-order chi connectivity index (χ1) is 8.70. The molecule has 0 rings (SSSR count). The molecule has 9 nitrogen and oxygen atoms in total. The Hall–Kier alpha value is -2.42. The topological polar surface area (TPSA) is 164 Å². The number of carbonyl (C=O) groups is 4. The Morgan fingerprint density at radius 3 is 2.00 bits per heavy atom. The summed E-state index contributed by atoms with van der Waals surface area (Å²) < 4.78 is 4.11. The summed E-state index contributed by atoms with van der Waals surface area (Å²) in [4.78, 5) is 39.7. The maximum Gasteiger partial charge on any atom is 0.330 e. The summed E-state index contributed by atoms with van der Waals surface area (Å²) in [5, 5.41) is 24.2. The summed E-state index contributed by atoms with van der Waals surface area (Å²) in [6, 6.07) is -1.06. The average Bonchev–Trinajstić information content (AvgIpc) is 2.33. The highest BCUT2D eigenvalue weighted by molar-refractivity contribution is 5.90. The van der Waals surface area contributed by atoms with Crippen molar-refractivity contribution in [3.63, 3.8) is 0 Å². The lowest BCUT2D eigenvalue weighted by atomic mass is 10.2. The Bertz CT molecular complexity index is 363. The van der Waals surface area contributed by atoms with Crippen LogP contribution < -0.4 is 5.73 Å². The van der Waals surface area contributed by atoms with Gasteiger partial charge in [0.05, 0.1) is 7.11 Å². The molecule has 0 spiro atoms. The van der Waals surface area contributed by atoms with E-state index in [1.807, 2.05) is 0 Å². The van der Waals surface area contributed by atoms with Gasteiger partial charge in [-0.15, -0.1) is 0 Å². The molecular weight excluding hydrogens is 262 g/mol. The van der Waals surface area contributed by atoms with Gasteiger partial charge in [-0.1, -0.05) is 0 Å². The summed E-state index contributed by atoms with van der Waals surface area (Å²) in [6.45, 7) is 0. The second kappa shape index (κ2) is 10.7. The van der Waals surface area contributed by atoms with Gasteiger partial charge in [0, 0.05) is 18.6 Å². The first kappa shape index (κ1) is 18.9. The molecular formula is C10H15NO8. The number of carboxylic acids is 3. The number of carboxylic acid groups (broad SMARTS) is 3. The minimum atomic E-state index is -1.17. The smallest absolute Gasteiger partial charge is 0.330 e. The minimum absolute atomic E-state index is 0.0231. The van der Waals surface area contributed by atoms with E-state index in [0.717, 1.165) is 6.08 Å². The molecule has 0 aliphatic carbocycles. The predicted molar refractivity (Wildman–Crippen MR) is 61.3 cm³/mol. The minimum Gasteiger partial charge on any atom is -0.481 e. The van der Waals surface area contributed by atoms with Gasteiger partial charge in [0.2, 0.25) is 0 Å². The van der Waals surface area contributed by atoms with Crippen molar-refractivity contribution in [3.8, 4) is 0 Å². The number of methoxy groups -OCH3 is 1. The van der Waals surface area contributed by atoms with Crippen LogP contribution in [0.4, 0.5) is 0 Å². The number of hydrogen-bond acceptors (Lipinski definition) is 6. The molecule has 0 heterocycles. The van der Waals surface area contributed by atoms with E-state index in [2.05, 4.69) is 4.74 Å². The molecule has 1 atom stereocenters. The highest BCUT2D eigenvalue weighted by atomic mass is 16.5. The third kappa shape index (κ3) is 15.6. The van der Waals surface area contributed by atoms with Gasteiger partial charge in [-0.05, 0) is 6.42 Å². The zero-order valence-electron chi connectivity index (χ0n) is 10.1. The van der Waals surface area contributed by atoms with Crippen LogP contribution in [-0.4, -0.2) is 52.3 Å². The molecule has 0 aliphatic rings. The van der Waals surface area contributed by atoms with E-state index < -0.39 is 29.9 Å². The van der Waals surface area contributed by atoms with E-state index >= 15 is 0 Å². The summed E-state index contributed by atoms with van der Waals surface area (Å²) in [6.07, 6.45) is 1.33. The van der Waals surface area contributed by atoms with Crippen LogP contribution >= 0.6 is 0 Å². The molecule has 5 N–H and O–H groups in total. The van der Waals surface area contributed by atoms with Crippen LogP contribution in [0.15, 0.2) is 12.2 Å². The van der Waals surface area contributed by atoms with Crippen LogP contribution in [0.2, 0.25) is 0 Å². The van der Waals surface area contributed by atoms with Crippen LogP contribution in [0.5, 0.6) is 0 Å². The Balaban J connectivity index is 0. The summed E-state index contributed by atoms with van der Waals surface area (Å²) in [5.74, 6) is -4.03. The maximum absolute atomic E-state index is 10.1. The van der Waals surface area contributed by atoms with Crippen molar-refractivity contribution >= 4 is 23.9 Å². The molecule has 19 heavy (non-hydrogen) atoms. The third-order valence-electron chi connectivity index (χ3n) is 1.55. The molecule has 0 bridgehead atoms. The fourth-order valence-electron chi connectivity index (χ4n) is 0.610. The lowest BCUT2D eigenvalue weighted by Gasteiger charge is -2.01. The number of rotatable bonds is 6. The van der Waals surface area contributed by atoms with Crippen molar-refractivity contribution < 1.29 is 39.2 Å². The molecule has 0 fully saturated rings. The van der Waals surface area contributed by atoms with Crippen LogP contribution in [-0.2, 0) is 23.9 Å². The number of ether oxygens (including phenoxy) is 1. The molecule has 0 aliphatic heterocycles. The van der Waals surface area contributed by atoms with Crippen LogP contribution in [0, 0.1) is 0 Å². The Morgan fingerprint density at radius 2 is 1.68 bits per heavy atom. The SMILES string of the molecule is COC(=O)/C=C/C(=O)O.NC(CCC(=O)O)C(=O)O. The summed E-state index contributed by atoms with van der Waals surface area (Å²) in [7, 11) is 1.18. The Kier molecular flexibility index (Phi) is 10.7. The van der Waals surface area contributed by atoms with Crippen molar-refractivity contribution in [1.82, 2.24) is 0 Å². The van der Waals surface area contributed by atoms with Gasteiger partial charge in [-0.3, -0.25) is 9.59 Å². The molecule has 0 aromatic carbocycles. The van der Waals surface area contributed by atoms with Crippen molar-refractivity contribution in [1.29, 1.82) is 0 Å². The molecule has 0 saturated heterocycles. The second-order valence-electron chi connectivity index (χ2n) is 3.07. The van der Waals surface area contributed by atoms with Gasteiger partial charge < -0.3 is 25.8 Å². The second-order valence-corrected chi connectivity index (χ2v) is 3.07. The number of aliphatic carboxylic acids is 3. The van der Waals surface area contributed by atoms with Gasteiger partial charge >= 0.3 is 23.9 Å². The number of esters is 1. The highest BCUT2D eigenvalue weighted by Crippen LogP contribution is 1.93. The van der Waals surface area contributed by atoms with E-state index in [1.54, 1.807) is 0 Å². The monoisotopic (exact) mass is 277 g/mol. The average molecular weight is 277 g/mol. The van der Waals surface area contributed by atoms with Crippen LogP contribution in [0.1, 0.15) is 12.8 Å². The third-order valence-corrected chi connectivity index (χ3v) is 1.55.